The average Bonchev–Trinajstić information content (AvgIpc) is 3.04. The summed E-state index contributed by atoms with van der Waals surface area (Å²) in [6.45, 7) is 4.52. The van der Waals surface area contributed by atoms with Crippen molar-refractivity contribution in [1.29, 1.82) is 0 Å². The van der Waals surface area contributed by atoms with E-state index in [2.05, 4.69) is 29.1 Å². The van der Waals surface area contributed by atoms with Gasteiger partial charge in [-0.1, -0.05) is 26.7 Å². The number of H-pyrrole nitrogens is 1. The molecule has 0 spiro atoms. The zero-order valence-corrected chi connectivity index (χ0v) is 18.3. The monoisotopic (exact) mass is 419 g/mol. The first-order valence-corrected chi connectivity index (χ1v) is 12.4. The van der Waals surface area contributed by atoms with E-state index in [1.807, 2.05) is 0 Å². The van der Waals surface area contributed by atoms with Gasteiger partial charge in [0.05, 0.1) is 16.9 Å². The van der Waals surface area contributed by atoms with Crippen molar-refractivity contribution in [2.75, 3.05) is 5.75 Å². The number of aryl methyl sites for hydroxylation is 2. The van der Waals surface area contributed by atoms with Crippen LogP contribution in [-0.2, 0) is 23.4 Å². The minimum atomic E-state index is -0.0190. The number of amides is 1. The van der Waals surface area contributed by atoms with Crippen LogP contribution >= 0.6 is 23.1 Å². The van der Waals surface area contributed by atoms with E-state index in [1.54, 1.807) is 11.3 Å². The minimum Gasteiger partial charge on any atom is -0.352 e. The second-order valence-corrected chi connectivity index (χ2v) is 10.4. The van der Waals surface area contributed by atoms with Crippen LogP contribution in [0.3, 0.4) is 0 Å². The number of thioether (sulfide) groups is 1. The number of fused-ring (bicyclic) bond motifs is 3. The lowest BCUT2D eigenvalue weighted by Crippen LogP contribution is -2.44. The Morgan fingerprint density at radius 2 is 2.07 bits per heavy atom. The fourth-order valence-corrected chi connectivity index (χ4v) is 6.53. The van der Waals surface area contributed by atoms with Crippen molar-refractivity contribution in [2.24, 2.45) is 11.8 Å². The Bertz CT molecular complexity index is 920. The van der Waals surface area contributed by atoms with E-state index < -0.39 is 0 Å². The van der Waals surface area contributed by atoms with Crippen molar-refractivity contribution < 1.29 is 4.79 Å². The fourth-order valence-electron chi connectivity index (χ4n) is 4.55. The molecule has 2 aromatic heterocycles. The highest BCUT2D eigenvalue weighted by Crippen LogP contribution is 2.33. The number of nitrogens with zero attached hydrogens (tertiary/aromatic N) is 1. The molecule has 28 heavy (non-hydrogen) atoms. The van der Waals surface area contributed by atoms with Gasteiger partial charge in [0, 0.05) is 10.9 Å². The number of rotatable bonds is 5. The molecule has 0 bridgehead atoms. The molecule has 1 amide bonds. The maximum absolute atomic E-state index is 12.6. The van der Waals surface area contributed by atoms with Crippen LogP contribution in [0.25, 0.3) is 10.2 Å². The van der Waals surface area contributed by atoms with Gasteiger partial charge >= 0.3 is 0 Å². The van der Waals surface area contributed by atoms with E-state index in [1.165, 1.54) is 41.5 Å². The van der Waals surface area contributed by atoms with Gasteiger partial charge in [-0.05, 0) is 49.5 Å². The highest BCUT2D eigenvalue weighted by molar-refractivity contribution is 7.99. The molecule has 5 nitrogen and oxygen atoms in total. The van der Waals surface area contributed by atoms with Crippen molar-refractivity contribution >= 4 is 39.2 Å². The molecule has 1 saturated carbocycles. The van der Waals surface area contributed by atoms with Gasteiger partial charge in [0.2, 0.25) is 5.91 Å². The smallest absolute Gasteiger partial charge is 0.259 e. The van der Waals surface area contributed by atoms with E-state index in [9.17, 15) is 9.59 Å². The lowest BCUT2D eigenvalue weighted by molar-refractivity contribution is -0.119. The summed E-state index contributed by atoms with van der Waals surface area (Å²) in [5.74, 6) is 2.93. The number of hydrogen-bond acceptors (Lipinski definition) is 5. The molecule has 1 fully saturated rings. The van der Waals surface area contributed by atoms with Gasteiger partial charge in [-0.3, -0.25) is 9.59 Å². The zero-order chi connectivity index (χ0) is 19.7. The van der Waals surface area contributed by atoms with Gasteiger partial charge in [-0.2, -0.15) is 0 Å². The van der Waals surface area contributed by atoms with Gasteiger partial charge in [0.1, 0.15) is 10.7 Å². The maximum atomic E-state index is 12.6. The number of aromatic nitrogens is 2. The Labute approximate surface area is 174 Å². The first-order valence-electron chi connectivity index (χ1n) is 10.4. The third-order valence-electron chi connectivity index (χ3n) is 6.40. The quantitative estimate of drug-likeness (QED) is 0.767. The molecule has 0 unspecified atom stereocenters. The molecule has 0 aliphatic heterocycles. The van der Waals surface area contributed by atoms with Crippen LogP contribution in [0.2, 0.25) is 0 Å². The highest BCUT2D eigenvalue weighted by atomic mass is 32.2. The van der Waals surface area contributed by atoms with E-state index in [0.717, 1.165) is 35.9 Å². The predicted octanol–water partition coefficient (Wildman–Crippen LogP) is 4.04. The summed E-state index contributed by atoms with van der Waals surface area (Å²) in [4.78, 5) is 34.7. The summed E-state index contributed by atoms with van der Waals surface area (Å²) < 4.78 is 0. The topological polar surface area (TPSA) is 74.8 Å². The second kappa shape index (κ2) is 8.57. The Morgan fingerprint density at radius 1 is 1.25 bits per heavy atom. The molecule has 0 aromatic carbocycles. The van der Waals surface area contributed by atoms with Crippen molar-refractivity contribution in [2.45, 2.75) is 70.6 Å². The summed E-state index contributed by atoms with van der Waals surface area (Å²) in [6.07, 6.45) is 7.95. The lowest BCUT2D eigenvalue weighted by Gasteiger charge is -2.34. The van der Waals surface area contributed by atoms with Crippen molar-refractivity contribution in [3.63, 3.8) is 0 Å². The molecule has 2 N–H and O–H groups in total. The molecule has 2 aliphatic rings. The molecule has 152 valence electrons. The van der Waals surface area contributed by atoms with Gasteiger partial charge in [-0.25, -0.2) is 4.98 Å². The number of nitrogens with one attached hydrogen (secondary N) is 2. The van der Waals surface area contributed by atoms with E-state index in [-0.39, 0.29) is 11.5 Å². The highest BCUT2D eigenvalue weighted by Gasteiger charge is 2.28. The predicted molar refractivity (Wildman–Crippen MR) is 117 cm³/mol. The Hall–Kier alpha value is -1.34. The third kappa shape index (κ3) is 4.15. The molecular formula is C21H29N3O2S2. The van der Waals surface area contributed by atoms with Gasteiger partial charge in [0.25, 0.3) is 5.56 Å². The third-order valence-corrected chi connectivity index (χ3v) is 8.53. The summed E-state index contributed by atoms with van der Waals surface area (Å²) in [5, 5.41) is 4.01. The summed E-state index contributed by atoms with van der Waals surface area (Å²) in [7, 11) is 0. The molecule has 0 saturated heterocycles. The van der Waals surface area contributed by atoms with E-state index in [0.29, 0.717) is 35.2 Å². The minimum absolute atomic E-state index is 0.0190. The van der Waals surface area contributed by atoms with Crippen LogP contribution in [0.4, 0.5) is 0 Å². The van der Waals surface area contributed by atoms with Crippen LogP contribution in [0, 0.1) is 11.8 Å². The van der Waals surface area contributed by atoms with E-state index >= 15 is 0 Å². The largest absolute Gasteiger partial charge is 0.352 e. The number of thiophene rings is 1. The van der Waals surface area contributed by atoms with Gasteiger partial charge in [0.15, 0.2) is 0 Å². The Morgan fingerprint density at radius 3 is 2.93 bits per heavy atom. The summed E-state index contributed by atoms with van der Waals surface area (Å²) in [5.41, 5.74) is 1.20. The van der Waals surface area contributed by atoms with E-state index in [4.69, 9.17) is 0 Å². The molecule has 7 heteroatoms. The zero-order valence-electron chi connectivity index (χ0n) is 16.7. The summed E-state index contributed by atoms with van der Waals surface area (Å²) in [6, 6.07) is 0.295. The number of carbonyl (C=O) groups is 1. The number of aromatic amines is 1. The molecule has 3 atom stereocenters. The SMILES string of the molecule is C[C@@H]1[C@H](C)CCC[C@H]1NC(=O)CSCc1nc2sc3c(c2c(=O)[nH]1)CCCC3. The van der Waals surface area contributed by atoms with Crippen LogP contribution in [0.15, 0.2) is 4.79 Å². The molecule has 4 rings (SSSR count). The van der Waals surface area contributed by atoms with Crippen LogP contribution < -0.4 is 10.9 Å². The Balaban J connectivity index is 1.35. The first-order chi connectivity index (χ1) is 13.5. The average molecular weight is 420 g/mol. The molecule has 2 heterocycles. The first kappa shape index (κ1) is 20.0. The van der Waals surface area contributed by atoms with Crippen molar-refractivity contribution in [3.8, 4) is 0 Å². The van der Waals surface area contributed by atoms with Crippen molar-refractivity contribution in [3.05, 3.63) is 26.6 Å². The van der Waals surface area contributed by atoms with Crippen molar-refractivity contribution in [1.82, 2.24) is 15.3 Å². The van der Waals surface area contributed by atoms with Gasteiger partial charge in [-0.15, -0.1) is 23.1 Å². The molecule has 0 radical (unpaired) electrons. The normalized spacial score (nSPS) is 24.9. The van der Waals surface area contributed by atoms with Crippen LogP contribution in [0.5, 0.6) is 0 Å². The standard InChI is InChI=1S/C21H29N3O2S2/c1-12-6-5-8-15(13(12)2)22-18(25)11-27-10-17-23-20(26)19-14-7-3-4-9-16(14)28-21(19)24-17/h12-13,15H,3-11H2,1-2H3,(H,22,25)(H,23,24,26)/t12-,13-,15-/m1/s1. The molecule has 2 aromatic rings. The van der Waals surface area contributed by atoms with Gasteiger partial charge < -0.3 is 10.3 Å². The maximum Gasteiger partial charge on any atom is 0.259 e. The number of carbonyl (C=O) groups excluding carboxylic acids is 1. The van der Waals surface area contributed by atoms with Crippen LogP contribution in [0.1, 0.15) is 62.2 Å². The van der Waals surface area contributed by atoms with Crippen LogP contribution in [-0.4, -0.2) is 27.7 Å². The number of hydrogen-bond donors (Lipinski definition) is 2. The molecular weight excluding hydrogens is 390 g/mol. The molecule has 2 aliphatic carbocycles. The summed E-state index contributed by atoms with van der Waals surface area (Å²) >= 11 is 3.19. The second-order valence-electron chi connectivity index (χ2n) is 8.34. The fraction of sp³-hybridized carbons (Fsp3) is 0.667. The lowest BCUT2D eigenvalue weighted by atomic mass is 9.78. The Kier molecular flexibility index (Phi) is 6.11.